The average molecular weight is 903 g/mol. The van der Waals surface area contributed by atoms with Gasteiger partial charge in [0.05, 0.1) is 0 Å². The lowest BCUT2D eigenvalue weighted by atomic mass is 10.0. The van der Waals surface area contributed by atoms with Crippen LogP contribution in [0.2, 0.25) is 0 Å². The van der Waals surface area contributed by atoms with Crippen molar-refractivity contribution in [1.82, 2.24) is 0 Å². The minimum absolute atomic E-state index is 0.0943. The highest BCUT2D eigenvalue weighted by molar-refractivity contribution is 5.71. The molecule has 0 heterocycles. The van der Waals surface area contributed by atoms with Crippen LogP contribution in [-0.2, 0) is 28.6 Å². The zero-order valence-electron chi connectivity index (χ0n) is 42.2. The molecule has 1 atom stereocenters. The van der Waals surface area contributed by atoms with Crippen LogP contribution in [0.5, 0.6) is 0 Å². The number of unbranched alkanes of at least 4 members (excludes halogenated alkanes) is 20. The summed E-state index contributed by atoms with van der Waals surface area (Å²) in [6, 6.07) is 0. The van der Waals surface area contributed by atoms with Gasteiger partial charge in [0.25, 0.3) is 0 Å². The Bertz CT molecular complexity index is 1310. The van der Waals surface area contributed by atoms with Gasteiger partial charge in [-0.15, -0.1) is 0 Å². The fourth-order valence-electron chi connectivity index (χ4n) is 7.13. The van der Waals surface area contributed by atoms with E-state index in [2.05, 4.69) is 118 Å². The molecule has 65 heavy (non-hydrogen) atoms. The van der Waals surface area contributed by atoms with Crippen LogP contribution in [0.15, 0.2) is 97.2 Å². The Morgan fingerprint density at radius 2 is 0.600 bits per heavy atom. The number of carbonyl (C=O) groups is 3. The summed E-state index contributed by atoms with van der Waals surface area (Å²) >= 11 is 0. The van der Waals surface area contributed by atoms with Crippen LogP contribution in [-0.4, -0.2) is 37.2 Å². The van der Waals surface area contributed by atoms with Crippen LogP contribution in [0.25, 0.3) is 0 Å². The molecule has 0 bridgehead atoms. The molecule has 0 aliphatic heterocycles. The monoisotopic (exact) mass is 903 g/mol. The number of rotatable bonds is 47. The summed E-state index contributed by atoms with van der Waals surface area (Å²) in [4.78, 5) is 37.8. The first-order valence-corrected chi connectivity index (χ1v) is 26.7. The molecule has 0 spiro atoms. The highest BCUT2D eigenvalue weighted by atomic mass is 16.6. The van der Waals surface area contributed by atoms with Crippen LogP contribution < -0.4 is 0 Å². The molecular weight excluding hydrogens is 805 g/mol. The molecule has 0 amide bonds. The maximum absolute atomic E-state index is 12.7. The Hall–Kier alpha value is -3.67. The van der Waals surface area contributed by atoms with Crippen LogP contribution in [0, 0.1) is 0 Å². The summed E-state index contributed by atoms with van der Waals surface area (Å²) in [7, 11) is 0. The molecule has 0 aliphatic carbocycles. The van der Waals surface area contributed by atoms with E-state index in [4.69, 9.17) is 14.2 Å². The molecule has 0 saturated carbocycles. The Balaban J connectivity index is 4.22. The van der Waals surface area contributed by atoms with Crippen molar-refractivity contribution >= 4 is 17.9 Å². The molecule has 1 unspecified atom stereocenters. The Morgan fingerprint density at radius 1 is 0.323 bits per heavy atom. The topological polar surface area (TPSA) is 78.9 Å². The third-order valence-electron chi connectivity index (χ3n) is 11.1. The van der Waals surface area contributed by atoms with Crippen LogP contribution in [0.4, 0.5) is 0 Å². The lowest BCUT2D eigenvalue weighted by molar-refractivity contribution is -0.167. The van der Waals surface area contributed by atoms with Crippen molar-refractivity contribution < 1.29 is 28.6 Å². The summed E-state index contributed by atoms with van der Waals surface area (Å²) < 4.78 is 16.7. The molecule has 0 aliphatic rings. The summed E-state index contributed by atoms with van der Waals surface area (Å²) in [5.41, 5.74) is 0. The van der Waals surface area contributed by atoms with E-state index in [1.165, 1.54) is 89.9 Å². The van der Waals surface area contributed by atoms with Gasteiger partial charge in [0.1, 0.15) is 13.2 Å². The predicted molar refractivity (Wildman–Crippen MR) is 279 cm³/mol. The minimum Gasteiger partial charge on any atom is -0.462 e. The number of hydrogen-bond acceptors (Lipinski definition) is 6. The molecule has 0 radical (unpaired) electrons. The van der Waals surface area contributed by atoms with E-state index in [-0.39, 0.29) is 37.5 Å². The van der Waals surface area contributed by atoms with Gasteiger partial charge in [0.15, 0.2) is 6.10 Å². The molecule has 0 aromatic carbocycles. The lowest BCUT2D eigenvalue weighted by Crippen LogP contribution is -2.30. The SMILES string of the molecule is CC/C=C\C/C=C\C/C=C\C/C=C\CCCCCCCCCCCCCCC(=O)OCC(COC(=O)CCCCCCCCC)OC(=O)CCCC/C=C\C/C=C\C/C=C\C/C=C\CC. The third-order valence-corrected chi connectivity index (χ3v) is 11.1. The van der Waals surface area contributed by atoms with Crippen molar-refractivity contribution in [3.63, 3.8) is 0 Å². The molecule has 0 N–H and O–H groups in total. The molecular formula is C59H98O6. The van der Waals surface area contributed by atoms with E-state index in [1.807, 2.05) is 0 Å². The maximum atomic E-state index is 12.7. The molecule has 0 saturated heterocycles. The highest BCUT2D eigenvalue weighted by Crippen LogP contribution is 2.15. The van der Waals surface area contributed by atoms with Crippen molar-refractivity contribution in [3.8, 4) is 0 Å². The molecule has 0 aromatic rings. The van der Waals surface area contributed by atoms with E-state index in [0.29, 0.717) is 19.3 Å². The summed E-state index contributed by atoms with van der Waals surface area (Å²) in [5, 5.41) is 0. The largest absolute Gasteiger partial charge is 0.462 e. The maximum Gasteiger partial charge on any atom is 0.306 e. The molecule has 370 valence electrons. The van der Waals surface area contributed by atoms with Crippen molar-refractivity contribution in [1.29, 1.82) is 0 Å². The van der Waals surface area contributed by atoms with Crippen molar-refractivity contribution in [2.45, 2.75) is 245 Å². The van der Waals surface area contributed by atoms with E-state index in [9.17, 15) is 14.4 Å². The molecule has 0 fully saturated rings. The van der Waals surface area contributed by atoms with Gasteiger partial charge >= 0.3 is 17.9 Å². The fraction of sp³-hybridized carbons (Fsp3) is 0.678. The molecule has 0 rings (SSSR count). The van der Waals surface area contributed by atoms with Crippen molar-refractivity contribution in [2.75, 3.05) is 13.2 Å². The Kier molecular flexibility index (Phi) is 50.0. The summed E-state index contributed by atoms with van der Waals surface area (Å²) in [6.07, 6.45) is 69.9. The normalized spacial score (nSPS) is 12.8. The van der Waals surface area contributed by atoms with Gasteiger partial charge in [0, 0.05) is 19.3 Å². The number of hydrogen-bond donors (Lipinski definition) is 0. The second kappa shape index (κ2) is 52.9. The lowest BCUT2D eigenvalue weighted by Gasteiger charge is -2.18. The van der Waals surface area contributed by atoms with Gasteiger partial charge in [-0.1, -0.05) is 221 Å². The average Bonchev–Trinajstić information content (AvgIpc) is 3.30. The number of allylic oxidation sites excluding steroid dienone is 16. The van der Waals surface area contributed by atoms with E-state index in [0.717, 1.165) is 103 Å². The van der Waals surface area contributed by atoms with Gasteiger partial charge in [-0.3, -0.25) is 14.4 Å². The van der Waals surface area contributed by atoms with Gasteiger partial charge in [-0.25, -0.2) is 0 Å². The number of esters is 3. The number of ether oxygens (including phenoxy) is 3. The summed E-state index contributed by atoms with van der Waals surface area (Å²) in [6.45, 7) is 6.33. The highest BCUT2D eigenvalue weighted by Gasteiger charge is 2.19. The third kappa shape index (κ3) is 51.2. The van der Waals surface area contributed by atoms with Crippen LogP contribution in [0.1, 0.15) is 239 Å². The molecule has 6 nitrogen and oxygen atoms in total. The van der Waals surface area contributed by atoms with Crippen LogP contribution >= 0.6 is 0 Å². The van der Waals surface area contributed by atoms with Gasteiger partial charge in [0.2, 0.25) is 0 Å². The first kappa shape index (κ1) is 61.3. The zero-order valence-corrected chi connectivity index (χ0v) is 42.2. The van der Waals surface area contributed by atoms with E-state index < -0.39 is 6.10 Å². The zero-order chi connectivity index (χ0) is 47.2. The Labute approximate surface area is 400 Å². The predicted octanol–water partition coefficient (Wildman–Crippen LogP) is 17.8. The van der Waals surface area contributed by atoms with Gasteiger partial charge in [-0.2, -0.15) is 0 Å². The first-order valence-electron chi connectivity index (χ1n) is 26.7. The van der Waals surface area contributed by atoms with Crippen molar-refractivity contribution in [2.24, 2.45) is 0 Å². The number of carbonyl (C=O) groups excluding carboxylic acids is 3. The van der Waals surface area contributed by atoms with E-state index >= 15 is 0 Å². The smallest absolute Gasteiger partial charge is 0.306 e. The summed E-state index contributed by atoms with van der Waals surface area (Å²) in [5.74, 6) is -0.947. The van der Waals surface area contributed by atoms with Gasteiger partial charge in [-0.05, 0) is 96.3 Å². The Morgan fingerprint density at radius 3 is 0.969 bits per heavy atom. The molecule has 0 aromatic heterocycles. The standard InChI is InChI=1S/C59H98O6/c1-4-7-10-13-16-18-20-22-24-25-26-27-28-29-30-31-32-33-35-36-38-40-43-46-49-52-58(61)64-55-56(54-63-57(60)51-48-45-42-15-12-9-6-3)65-59(62)53-50-47-44-41-39-37-34-23-21-19-17-14-11-8-5-2/h7-8,10-11,16-19,22-24,26-27,34,39,41,56H,4-6,9,12-15,20-21,25,28-33,35-38,40,42-55H2,1-3H3/b10-7-,11-8-,18-16-,19-17-,24-22-,27-26-,34-23-,41-39-. The van der Waals surface area contributed by atoms with Crippen LogP contribution in [0.3, 0.4) is 0 Å². The first-order chi connectivity index (χ1) is 32.0. The fourth-order valence-corrected chi connectivity index (χ4v) is 7.13. The second-order valence-corrected chi connectivity index (χ2v) is 17.4. The minimum atomic E-state index is -0.796. The van der Waals surface area contributed by atoms with Gasteiger partial charge < -0.3 is 14.2 Å². The quantitative estimate of drug-likeness (QED) is 0.0262. The van der Waals surface area contributed by atoms with Crippen molar-refractivity contribution in [3.05, 3.63) is 97.2 Å². The van der Waals surface area contributed by atoms with E-state index in [1.54, 1.807) is 0 Å². The second-order valence-electron chi connectivity index (χ2n) is 17.4. The molecule has 6 heteroatoms.